The maximum Gasteiger partial charge on any atom is 0.327 e. The maximum absolute atomic E-state index is 5.66. The van der Waals surface area contributed by atoms with E-state index in [1.807, 2.05) is 24.3 Å². The van der Waals surface area contributed by atoms with Crippen LogP contribution < -0.4 is 4.74 Å². The van der Waals surface area contributed by atoms with Crippen LogP contribution in [0.25, 0.3) is 0 Å². The van der Waals surface area contributed by atoms with Gasteiger partial charge in [0.15, 0.2) is 0 Å². The fourth-order valence-corrected chi connectivity index (χ4v) is 1.82. The van der Waals surface area contributed by atoms with E-state index in [-0.39, 0.29) is 16.6 Å². The second-order valence-electron chi connectivity index (χ2n) is 3.65. The third-order valence-electron chi connectivity index (χ3n) is 2.23. The molecule has 0 unspecified atom stereocenters. The van der Waals surface area contributed by atoms with E-state index in [1.165, 1.54) is 5.56 Å². The van der Waals surface area contributed by atoms with Crippen molar-refractivity contribution in [3.63, 3.8) is 0 Å². The Bertz CT molecular complexity index is 511. The Kier molecular flexibility index (Phi) is 4.33. The van der Waals surface area contributed by atoms with E-state index >= 15 is 0 Å². The van der Waals surface area contributed by atoms with Crippen molar-refractivity contribution in [2.24, 2.45) is 0 Å². The molecular formula is C12H11Cl2N3O. The van der Waals surface area contributed by atoms with Gasteiger partial charge in [-0.1, -0.05) is 25.5 Å². The average molecular weight is 284 g/mol. The molecule has 0 atom stereocenters. The maximum atomic E-state index is 5.66. The summed E-state index contributed by atoms with van der Waals surface area (Å²) in [7, 11) is 0. The Morgan fingerprint density at radius 2 is 1.61 bits per heavy atom. The highest BCUT2D eigenvalue weighted by atomic mass is 35.5. The van der Waals surface area contributed by atoms with Crippen molar-refractivity contribution >= 4 is 23.2 Å². The molecule has 1 aromatic carbocycles. The molecule has 0 saturated heterocycles. The quantitative estimate of drug-likeness (QED) is 0.853. The first kappa shape index (κ1) is 13.1. The van der Waals surface area contributed by atoms with Crippen LogP contribution in [0.15, 0.2) is 24.3 Å². The summed E-state index contributed by atoms with van der Waals surface area (Å²) in [6.45, 7) is 2.14. The summed E-state index contributed by atoms with van der Waals surface area (Å²) in [6, 6.07) is 7.81. The van der Waals surface area contributed by atoms with Gasteiger partial charge in [-0.15, -0.1) is 0 Å². The van der Waals surface area contributed by atoms with Gasteiger partial charge in [0.25, 0.3) is 0 Å². The molecule has 1 heterocycles. The minimum Gasteiger partial charge on any atom is -0.424 e. The number of hydrogen-bond donors (Lipinski definition) is 0. The van der Waals surface area contributed by atoms with Crippen molar-refractivity contribution < 1.29 is 4.74 Å². The molecule has 0 saturated carbocycles. The van der Waals surface area contributed by atoms with Gasteiger partial charge >= 0.3 is 6.01 Å². The molecular weight excluding hydrogens is 273 g/mol. The van der Waals surface area contributed by atoms with Crippen LogP contribution in [0.3, 0.4) is 0 Å². The highest BCUT2D eigenvalue weighted by molar-refractivity contribution is 6.31. The fraction of sp³-hybridized carbons (Fsp3) is 0.250. The van der Waals surface area contributed by atoms with Crippen LogP contribution in [0.2, 0.25) is 10.6 Å². The SMILES string of the molecule is CCCc1ccc(Oc2nc(Cl)nc(Cl)n2)cc1. The van der Waals surface area contributed by atoms with Crippen molar-refractivity contribution in [3.8, 4) is 11.8 Å². The summed E-state index contributed by atoms with van der Waals surface area (Å²) in [5.41, 5.74) is 1.26. The number of rotatable bonds is 4. The van der Waals surface area contributed by atoms with E-state index in [0.717, 1.165) is 12.8 Å². The third kappa shape index (κ3) is 3.55. The van der Waals surface area contributed by atoms with Crippen molar-refractivity contribution in [1.29, 1.82) is 0 Å². The molecule has 1 aromatic heterocycles. The van der Waals surface area contributed by atoms with Gasteiger partial charge in [-0.05, 0) is 47.3 Å². The van der Waals surface area contributed by atoms with E-state index in [0.29, 0.717) is 5.75 Å². The Morgan fingerprint density at radius 3 is 2.17 bits per heavy atom. The van der Waals surface area contributed by atoms with Gasteiger partial charge in [0.1, 0.15) is 5.75 Å². The van der Waals surface area contributed by atoms with Crippen LogP contribution in [0.4, 0.5) is 0 Å². The summed E-state index contributed by atoms with van der Waals surface area (Å²) in [5, 5.41) is 0.0141. The van der Waals surface area contributed by atoms with Crippen LogP contribution in [-0.2, 0) is 6.42 Å². The molecule has 0 aliphatic heterocycles. The molecule has 2 rings (SSSR count). The smallest absolute Gasteiger partial charge is 0.327 e. The molecule has 6 heteroatoms. The summed E-state index contributed by atoms with van der Waals surface area (Å²) in [4.78, 5) is 11.3. The predicted octanol–water partition coefficient (Wildman–Crippen LogP) is 3.92. The zero-order valence-corrected chi connectivity index (χ0v) is 11.2. The van der Waals surface area contributed by atoms with Crippen LogP contribution >= 0.6 is 23.2 Å². The lowest BCUT2D eigenvalue weighted by atomic mass is 10.1. The molecule has 0 aliphatic rings. The Morgan fingerprint density at radius 1 is 1.00 bits per heavy atom. The Balaban J connectivity index is 2.13. The van der Waals surface area contributed by atoms with E-state index in [1.54, 1.807) is 0 Å². The summed E-state index contributed by atoms with van der Waals surface area (Å²) < 4.78 is 5.44. The summed E-state index contributed by atoms with van der Waals surface area (Å²) in [6.07, 6.45) is 2.16. The van der Waals surface area contributed by atoms with Gasteiger partial charge < -0.3 is 4.74 Å². The van der Waals surface area contributed by atoms with Crippen LogP contribution in [0, 0.1) is 0 Å². The molecule has 0 bridgehead atoms. The zero-order chi connectivity index (χ0) is 13.0. The van der Waals surface area contributed by atoms with Gasteiger partial charge in [-0.2, -0.15) is 15.0 Å². The minimum atomic E-state index is 0.00704. The molecule has 18 heavy (non-hydrogen) atoms. The van der Waals surface area contributed by atoms with Crippen molar-refractivity contribution in [2.75, 3.05) is 0 Å². The number of aryl methyl sites for hydroxylation is 1. The number of halogens is 2. The molecule has 2 aromatic rings. The molecule has 0 spiro atoms. The molecule has 0 fully saturated rings. The normalized spacial score (nSPS) is 10.4. The summed E-state index contributed by atoms with van der Waals surface area (Å²) >= 11 is 11.3. The lowest BCUT2D eigenvalue weighted by molar-refractivity contribution is 0.439. The molecule has 0 aliphatic carbocycles. The van der Waals surface area contributed by atoms with Crippen LogP contribution in [-0.4, -0.2) is 15.0 Å². The molecule has 0 radical (unpaired) electrons. The Hall–Kier alpha value is -1.39. The highest BCUT2D eigenvalue weighted by Crippen LogP contribution is 2.20. The first-order valence-corrected chi connectivity index (χ1v) is 6.27. The molecule has 0 N–H and O–H groups in total. The highest BCUT2D eigenvalue weighted by Gasteiger charge is 2.05. The van der Waals surface area contributed by atoms with E-state index in [4.69, 9.17) is 27.9 Å². The second kappa shape index (κ2) is 5.98. The van der Waals surface area contributed by atoms with Gasteiger partial charge in [0.2, 0.25) is 10.6 Å². The average Bonchev–Trinajstić information content (AvgIpc) is 2.31. The molecule has 94 valence electrons. The van der Waals surface area contributed by atoms with E-state index in [2.05, 4.69) is 21.9 Å². The van der Waals surface area contributed by atoms with Crippen molar-refractivity contribution in [3.05, 3.63) is 40.4 Å². The second-order valence-corrected chi connectivity index (χ2v) is 4.33. The topological polar surface area (TPSA) is 47.9 Å². The third-order valence-corrected chi connectivity index (χ3v) is 2.57. The van der Waals surface area contributed by atoms with Gasteiger partial charge in [0, 0.05) is 0 Å². The fourth-order valence-electron chi connectivity index (χ4n) is 1.47. The first-order valence-electron chi connectivity index (χ1n) is 5.51. The van der Waals surface area contributed by atoms with Gasteiger partial charge in [-0.25, -0.2) is 0 Å². The number of nitrogens with zero attached hydrogens (tertiary/aromatic N) is 3. The molecule has 0 amide bonds. The zero-order valence-electron chi connectivity index (χ0n) is 9.73. The lowest BCUT2D eigenvalue weighted by Gasteiger charge is -2.05. The largest absolute Gasteiger partial charge is 0.424 e. The van der Waals surface area contributed by atoms with Crippen molar-refractivity contribution in [2.45, 2.75) is 19.8 Å². The monoisotopic (exact) mass is 283 g/mol. The number of hydrogen-bond acceptors (Lipinski definition) is 4. The predicted molar refractivity (Wildman–Crippen MR) is 70.4 cm³/mol. The Labute approximate surface area is 115 Å². The van der Waals surface area contributed by atoms with E-state index in [9.17, 15) is 0 Å². The van der Waals surface area contributed by atoms with Crippen molar-refractivity contribution in [1.82, 2.24) is 15.0 Å². The van der Waals surface area contributed by atoms with Gasteiger partial charge in [0.05, 0.1) is 0 Å². The standard InChI is InChI=1S/C12H11Cl2N3O/c1-2-3-8-4-6-9(7-5-8)18-12-16-10(13)15-11(14)17-12/h4-7H,2-3H2,1H3. The number of benzene rings is 1. The van der Waals surface area contributed by atoms with Crippen LogP contribution in [0.5, 0.6) is 11.8 Å². The van der Waals surface area contributed by atoms with E-state index < -0.39 is 0 Å². The minimum absolute atomic E-state index is 0.00704. The first-order chi connectivity index (χ1) is 8.67. The molecule has 4 nitrogen and oxygen atoms in total. The van der Waals surface area contributed by atoms with Gasteiger partial charge in [-0.3, -0.25) is 0 Å². The van der Waals surface area contributed by atoms with Crippen LogP contribution in [0.1, 0.15) is 18.9 Å². The number of ether oxygens (including phenoxy) is 1. The lowest BCUT2D eigenvalue weighted by Crippen LogP contribution is -1.95. The number of aromatic nitrogens is 3. The summed E-state index contributed by atoms with van der Waals surface area (Å²) in [5.74, 6) is 0.633.